The summed E-state index contributed by atoms with van der Waals surface area (Å²) in [6.45, 7) is 0.889. The summed E-state index contributed by atoms with van der Waals surface area (Å²) in [4.78, 5) is 5.85. The highest BCUT2D eigenvalue weighted by atomic mass is 15.2. The molecule has 0 spiro atoms. The third-order valence-corrected chi connectivity index (χ3v) is 1.50. The van der Waals surface area contributed by atoms with Crippen LogP contribution < -0.4 is 0 Å². The average molecular weight is 131 g/mol. The van der Waals surface area contributed by atoms with E-state index in [2.05, 4.69) is 17.4 Å². The summed E-state index contributed by atoms with van der Waals surface area (Å²) in [5.41, 5.74) is 1.16. The van der Waals surface area contributed by atoms with Crippen LogP contribution in [0.2, 0.25) is 0 Å². The molecule has 0 aromatic rings. The maximum absolute atomic E-state index is 3.88. The van der Waals surface area contributed by atoms with Crippen molar-refractivity contribution in [2.75, 3.05) is 6.54 Å². The Kier molecular flexibility index (Phi) is 1.17. The van der Waals surface area contributed by atoms with Gasteiger partial charge in [-0.1, -0.05) is 12.2 Å². The zero-order chi connectivity index (χ0) is 6.81. The van der Waals surface area contributed by atoms with E-state index in [-0.39, 0.29) is 0 Å². The van der Waals surface area contributed by atoms with E-state index in [1.54, 1.807) is 6.20 Å². The quantitative estimate of drug-likeness (QED) is 0.482. The van der Waals surface area contributed by atoms with E-state index in [4.69, 9.17) is 0 Å². The van der Waals surface area contributed by atoms with Crippen molar-refractivity contribution in [1.82, 2.24) is 4.90 Å². The predicted octanol–water partition coefficient (Wildman–Crippen LogP) is 1.17. The van der Waals surface area contributed by atoms with Gasteiger partial charge < -0.3 is 4.90 Å². The van der Waals surface area contributed by atoms with Crippen LogP contribution in [0.4, 0.5) is 0 Å². The molecule has 2 aliphatic heterocycles. The van der Waals surface area contributed by atoms with Crippen LogP contribution in [-0.2, 0) is 0 Å². The fraction of sp³-hybridized carbons (Fsp3) is 0.125. The van der Waals surface area contributed by atoms with E-state index >= 15 is 0 Å². The lowest BCUT2D eigenvalue weighted by molar-refractivity contribution is 0.592. The van der Waals surface area contributed by atoms with E-state index < -0.39 is 0 Å². The minimum Gasteiger partial charge on any atom is -0.319 e. The zero-order valence-corrected chi connectivity index (χ0v) is 5.49. The number of allylic oxidation sites excluding steroid dienone is 3. The van der Waals surface area contributed by atoms with Gasteiger partial charge in [0.15, 0.2) is 6.34 Å². The van der Waals surface area contributed by atoms with Gasteiger partial charge in [-0.25, -0.2) is 4.99 Å². The maximum Gasteiger partial charge on any atom is 0.177 e. The molecule has 49 valence electrons. The van der Waals surface area contributed by atoms with Crippen molar-refractivity contribution in [3.63, 3.8) is 0 Å². The molecule has 0 aromatic carbocycles. The molecule has 0 N–H and O–H groups in total. The van der Waals surface area contributed by atoms with Gasteiger partial charge in [0.2, 0.25) is 0 Å². The van der Waals surface area contributed by atoms with Crippen LogP contribution >= 0.6 is 0 Å². The fourth-order valence-corrected chi connectivity index (χ4v) is 0.989. The van der Waals surface area contributed by atoms with E-state index in [1.165, 1.54) is 0 Å². The molecule has 10 heavy (non-hydrogen) atoms. The van der Waals surface area contributed by atoms with Crippen LogP contribution in [-0.4, -0.2) is 17.8 Å². The molecule has 0 aromatic heterocycles. The zero-order valence-electron chi connectivity index (χ0n) is 5.49. The van der Waals surface area contributed by atoms with Gasteiger partial charge in [-0.05, 0) is 12.2 Å². The Bertz CT molecular complexity index is 246. The van der Waals surface area contributed by atoms with Crippen LogP contribution in [0.25, 0.3) is 0 Å². The van der Waals surface area contributed by atoms with Gasteiger partial charge in [0.25, 0.3) is 0 Å². The van der Waals surface area contributed by atoms with E-state index in [1.807, 2.05) is 23.1 Å². The van der Waals surface area contributed by atoms with Crippen molar-refractivity contribution in [3.8, 4) is 0 Å². The predicted molar refractivity (Wildman–Crippen MR) is 40.5 cm³/mol. The molecule has 0 saturated heterocycles. The third-order valence-electron chi connectivity index (χ3n) is 1.50. The minimum atomic E-state index is 0.889. The highest BCUT2D eigenvalue weighted by molar-refractivity contribution is 5.63. The number of hydrogen-bond donors (Lipinski definition) is 0. The summed E-state index contributed by atoms with van der Waals surface area (Å²) >= 11 is 0. The standard InChI is InChI=1S/C8H7N2/c1-2-6-10-7-9-5-4-8(10)3-1/h1-5H,6H2. The topological polar surface area (TPSA) is 15.6 Å². The van der Waals surface area contributed by atoms with E-state index in [0.717, 1.165) is 12.2 Å². The normalized spacial score (nSPS) is 20.8. The molecule has 2 nitrogen and oxygen atoms in total. The molecule has 0 amide bonds. The number of nitrogens with zero attached hydrogens (tertiary/aromatic N) is 2. The third kappa shape index (κ3) is 0.778. The lowest BCUT2D eigenvalue weighted by atomic mass is 10.2. The molecule has 2 aliphatic rings. The first-order valence-corrected chi connectivity index (χ1v) is 3.23. The summed E-state index contributed by atoms with van der Waals surface area (Å²) in [6, 6.07) is 0. The van der Waals surface area contributed by atoms with Crippen LogP contribution in [0.5, 0.6) is 0 Å². The number of hydrogen-bond acceptors (Lipinski definition) is 2. The van der Waals surface area contributed by atoms with Crippen molar-refractivity contribution in [1.29, 1.82) is 0 Å². The van der Waals surface area contributed by atoms with Crippen molar-refractivity contribution in [2.45, 2.75) is 0 Å². The summed E-state index contributed by atoms with van der Waals surface area (Å²) in [5, 5.41) is 0. The van der Waals surface area contributed by atoms with E-state index in [9.17, 15) is 0 Å². The molecular formula is C8H7N2. The van der Waals surface area contributed by atoms with Crippen molar-refractivity contribution < 1.29 is 0 Å². The Labute approximate surface area is 59.9 Å². The molecule has 0 saturated carbocycles. The van der Waals surface area contributed by atoms with Gasteiger partial charge >= 0.3 is 0 Å². The minimum absolute atomic E-state index is 0.889. The molecule has 2 heteroatoms. The number of aliphatic imine (C=N–C) groups is 1. The summed E-state index contributed by atoms with van der Waals surface area (Å²) < 4.78 is 0. The van der Waals surface area contributed by atoms with Crippen LogP contribution in [0.1, 0.15) is 0 Å². The van der Waals surface area contributed by atoms with Crippen molar-refractivity contribution in [2.24, 2.45) is 4.99 Å². The molecule has 0 aliphatic carbocycles. The van der Waals surface area contributed by atoms with Crippen LogP contribution in [0.15, 0.2) is 41.2 Å². The lowest BCUT2D eigenvalue weighted by Gasteiger charge is -2.21. The van der Waals surface area contributed by atoms with Gasteiger partial charge in [0, 0.05) is 18.4 Å². The summed E-state index contributed by atoms with van der Waals surface area (Å²) in [7, 11) is 0. The van der Waals surface area contributed by atoms with Crippen LogP contribution in [0.3, 0.4) is 0 Å². The monoisotopic (exact) mass is 131 g/mol. The summed E-state index contributed by atoms with van der Waals surface area (Å²) in [6.07, 6.45) is 12.8. The Morgan fingerprint density at radius 2 is 2.60 bits per heavy atom. The first-order chi connectivity index (χ1) is 4.97. The Morgan fingerprint density at radius 3 is 3.50 bits per heavy atom. The number of fused-ring (bicyclic) bond motifs is 1. The van der Waals surface area contributed by atoms with Gasteiger partial charge in [-0.3, -0.25) is 0 Å². The van der Waals surface area contributed by atoms with Crippen molar-refractivity contribution in [3.05, 3.63) is 36.2 Å². The SMILES string of the molecule is [C]1=NC=CC2=CC=CCN12. The fourth-order valence-electron chi connectivity index (χ4n) is 0.989. The Balaban J connectivity index is 2.34. The molecule has 2 heterocycles. The second kappa shape index (κ2) is 2.14. The number of rotatable bonds is 0. The van der Waals surface area contributed by atoms with Gasteiger partial charge in [0.05, 0.1) is 0 Å². The Hall–Kier alpha value is -1.31. The molecule has 0 unspecified atom stereocenters. The van der Waals surface area contributed by atoms with Gasteiger partial charge in [-0.15, -0.1) is 0 Å². The molecule has 2 rings (SSSR count). The first kappa shape index (κ1) is 5.47. The van der Waals surface area contributed by atoms with Crippen molar-refractivity contribution >= 4 is 6.34 Å². The van der Waals surface area contributed by atoms with Gasteiger partial charge in [0.1, 0.15) is 0 Å². The molecule has 0 bridgehead atoms. The molecular weight excluding hydrogens is 124 g/mol. The maximum atomic E-state index is 3.88. The smallest absolute Gasteiger partial charge is 0.177 e. The largest absolute Gasteiger partial charge is 0.319 e. The Morgan fingerprint density at radius 1 is 1.60 bits per heavy atom. The summed E-state index contributed by atoms with van der Waals surface area (Å²) in [5.74, 6) is 0. The van der Waals surface area contributed by atoms with E-state index in [0.29, 0.717) is 0 Å². The highest BCUT2D eigenvalue weighted by Gasteiger charge is 2.07. The molecule has 1 radical (unpaired) electrons. The highest BCUT2D eigenvalue weighted by Crippen LogP contribution is 2.11. The second-order valence-corrected chi connectivity index (χ2v) is 2.18. The average Bonchev–Trinajstić information content (AvgIpc) is 2.05. The molecule has 0 atom stereocenters. The molecule has 0 fully saturated rings. The first-order valence-electron chi connectivity index (χ1n) is 3.23. The second-order valence-electron chi connectivity index (χ2n) is 2.18. The van der Waals surface area contributed by atoms with Gasteiger partial charge in [-0.2, -0.15) is 0 Å². The lowest BCUT2D eigenvalue weighted by Crippen LogP contribution is -2.23. The van der Waals surface area contributed by atoms with Crippen LogP contribution in [0, 0.1) is 0 Å².